The van der Waals surface area contributed by atoms with Crippen LogP contribution in [0.4, 0.5) is 17.1 Å². The van der Waals surface area contributed by atoms with Crippen LogP contribution in [0.1, 0.15) is 0 Å². The van der Waals surface area contributed by atoms with Crippen LogP contribution in [-0.2, 0) is 0 Å². The number of hydrogen-bond acceptors (Lipinski definition) is 4. The van der Waals surface area contributed by atoms with Gasteiger partial charge in [0, 0.05) is 74.2 Å². The number of benzene rings is 7. The molecule has 44 heavy (non-hydrogen) atoms. The monoisotopic (exact) mass is 597 g/mol. The summed E-state index contributed by atoms with van der Waals surface area (Å²) in [6.07, 6.45) is 0. The lowest BCUT2D eigenvalue weighted by Crippen LogP contribution is -2.09. The van der Waals surface area contributed by atoms with Gasteiger partial charge in [0.2, 0.25) is 0 Å². The molecule has 0 N–H and O–H groups in total. The van der Waals surface area contributed by atoms with Crippen LogP contribution in [0.5, 0.6) is 0 Å². The van der Waals surface area contributed by atoms with Gasteiger partial charge >= 0.3 is 0 Å². The standard InChI is InChI=1S/C40H23NOS2/c1-2-10-26(11-3-1)41(27-14-16-30-29-12-6-7-13-34(29)42-35(30)22-27)28-15-17-32-38(23-28)43-36-19-18-31-33-20-24-8-4-5-9-25(24)21-37(33)44-40(31)39(32)36/h1-23H. The maximum absolute atomic E-state index is 6.29. The molecule has 0 aliphatic carbocycles. The van der Waals surface area contributed by atoms with Gasteiger partial charge in [0.1, 0.15) is 11.2 Å². The second-order valence-electron chi connectivity index (χ2n) is 11.3. The smallest absolute Gasteiger partial charge is 0.137 e. The van der Waals surface area contributed by atoms with E-state index >= 15 is 0 Å². The van der Waals surface area contributed by atoms with Crippen LogP contribution in [0.3, 0.4) is 0 Å². The molecule has 10 rings (SSSR count). The highest BCUT2D eigenvalue weighted by Crippen LogP contribution is 2.47. The third kappa shape index (κ3) is 3.53. The first-order valence-electron chi connectivity index (χ1n) is 14.8. The lowest BCUT2D eigenvalue weighted by molar-refractivity contribution is 0.669. The highest BCUT2D eigenvalue weighted by atomic mass is 32.1. The van der Waals surface area contributed by atoms with Crippen LogP contribution in [0.15, 0.2) is 144 Å². The lowest BCUT2D eigenvalue weighted by atomic mass is 10.0. The summed E-state index contributed by atoms with van der Waals surface area (Å²) in [6.45, 7) is 0. The van der Waals surface area contributed by atoms with Crippen LogP contribution in [0.25, 0.3) is 73.1 Å². The summed E-state index contributed by atoms with van der Waals surface area (Å²) in [5.74, 6) is 0. The van der Waals surface area contributed by atoms with E-state index in [0.717, 1.165) is 39.0 Å². The molecule has 3 heterocycles. The van der Waals surface area contributed by atoms with Crippen molar-refractivity contribution in [3.05, 3.63) is 140 Å². The normalized spacial score (nSPS) is 12.1. The number of fused-ring (bicyclic) bond motifs is 11. The van der Waals surface area contributed by atoms with E-state index in [1.54, 1.807) is 0 Å². The Balaban J connectivity index is 1.18. The number of furan rings is 1. The molecule has 206 valence electrons. The molecular formula is C40H23NOS2. The Bertz CT molecular complexity index is 2730. The maximum Gasteiger partial charge on any atom is 0.137 e. The molecule has 2 nitrogen and oxygen atoms in total. The molecule has 0 bridgehead atoms. The molecule has 0 aliphatic rings. The molecule has 0 amide bonds. The van der Waals surface area contributed by atoms with Gasteiger partial charge in [-0.3, -0.25) is 0 Å². The Hall–Kier alpha value is -5.16. The van der Waals surface area contributed by atoms with Crippen molar-refractivity contribution in [3.8, 4) is 0 Å². The minimum atomic E-state index is 0.896. The van der Waals surface area contributed by atoms with Gasteiger partial charge < -0.3 is 9.32 Å². The number of anilines is 3. The van der Waals surface area contributed by atoms with Crippen molar-refractivity contribution in [1.29, 1.82) is 0 Å². The zero-order valence-electron chi connectivity index (χ0n) is 23.5. The molecule has 0 fully saturated rings. The van der Waals surface area contributed by atoms with Crippen molar-refractivity contribution in [3.63, 3.8) is 0 Å². The van der Waals surface area contributed by atoms with Gasteiger partial charge in [-0.15, -0.1) is 22.7 Å². The molecule has 10 aromatic rings. The molecule has 0 saturated heterocycles. The average Bonchev–Trinajstić information content (AvgIpc) is 3.74. The van der Waals surface area contributed by atoms with Crippen molar-refractivity contribution < 1.29 is 4.42 Å². The van der Waals surface area contributed by atoms with E-state index in [1.807, 2.05) is 34.8 Å². The third-order valence-electron chi connectivity index (χ3n) is 8.82. The fraction of sp³-hybridized carbons (Fsp3) is 0. The van der Waals surface area contributed by atoms with E-state index in [9.17, 15) is 0 Å². The minimum Gasteiger partial charge on any atom is -0.456 e. The first-order valence-corrected chi connectivity index (χ1v) is 16.4. The second kappa shape index (κ2) is 9.17. The molecule has 0 aliphatic heterocycles. The van der Waals surface area contributed by atoms with Gasteiger partial charge in [0.25, 0.3) is 0 Å². The second-order valence-corrected chi connectivity index (χ2v) is 13.5. The predicted molar refractivity (Wildman–Crippen MR) is 192 cm³/mol. The molecular weight excluding hydrogens is 575 g/mol. The van der Waals surface area contributed by atoms with Gasteiger partial charge in [-0.1, -0.05) is 72.8 Å². The summed E-state index contributed by atoms with van der Waals surface area (Å²) in [7, 11) is 0. The van der Waals surface area contributed by atoms with Crippen molar-refractivity contribution in [1.82, 2.24) is 0 Å². The van der Waals surface area contributed by atoms with E-state index in [-0.39, 0.29) is 0 Å². The Kier molecular flexibility index (Phi) is 5.06. The third-order valence-corrected chi connectivity index (χ3v) is 11.1. The van der Waals surface area contributed by atoms with Crippen LogP contribution < -0.4 is 4.90 Å². The molecule has 4 heteroatoms. The Morgan fingerprint density at radius 3 is 1.98 bits per heavy atom. The van der Waals surface area contributed by atoms with E-state index in [4.69, 9.17) is 4.42 Å². The molecule has 0 atom stereocenters. The summed E-state index contributed by atoms with van der Waals surface area (Å²) < 4.78 is 11.6. The van der Waals surface area contributed by atoms with Crippen molar-refractivity contribution in [2.24, 2.45) is 0 Å². The largest absolute Gasteiger partial charge is 0.456 e. The highest BCUT2D eigenvalue weighted by Gasteiger charge is 2.18. The lowest BCUT2D eigenvalue weighted by Gasteiger charge is -2.25. The van der Waals surface area contributed by atoms with Gasteiger partial charge in [-0.05, 0) is 71.4 Å². The van der Waals surface area contributed by atoms with E-state index in [2.05, 4.69) is 132 Å². The van der Waals surface area contributed by atoms with E-state index < -0.39 is 0 Å². The van der Waals surface area contributed by atoms with Crippen LogP contribution in [-0.4, -0.2) is 0 Å². The van der Waals surface area contributed by atoms with Crippen molar-refractivity contribution >= 4 is 113 Å². The van der Waals surface area contributed by atoms with Gasteiger partial charge in [-0.2, -0.15) is 0 Å². The summed E-state index contributed by atoms with van der Waals surface area (Å²) in [5, 5.41) is 10.2. The zero-order valence-corrected chi connectivity index (χ0v) is 25.1. The van der Waals surface area contributed by atoms with Crippen molar-refractivity contribution in [2.45, 2.75) is 0 Å². The van der Waals surface area contributed by atoms with E-state index in [0.29, 0.717) is 0 Å². The van der Waals surface area contributed by atoms with Gasteiger partial charge in [0.05, 0.1) is 0 Å². The fourth-order valence-electron chi connectivity index (χ4n) is 6.78. The summed E-state index contributed by atoms with van der Waals surface area (Å²) in [4.78, 5) is 2.33. The van der Waals surface area contributed by atoms with Gasteiger partial charge in [-0.25, -0.2) is 0 Å². The molecule has 0 radical (unpaired) electrons. The summed E-state index contributed by atoms with van der Waals surface area (Å²) in [5.41, 5.74) is 5.12. The Labute approximate surface area is 260 Å². The van der Waals surface area contributed by atoms with Gasteiger partial charge in [0.15, 0.2) is 0 Å². The molecule has 0 saturated carbocycles. The number of hydrogen-bond donors (Lipinski definition) is 0. The first kappa shape index (κ1) is 24.3. The highest BCUT2D eigenvalue weighted by molar-refractivity contribution is 7.29. The topological polar surface area (TPSA) is 16.4 Å². The first-order chi connectivity index (χ1) is 21.8. The van der Waals surface area contributed by atoms with E-state index in [1.165, 1.54) is 51.1 Å². The molecule has 0 unspecified atom stereocenters. The summed E-state index contributed by atoms with van der Waals surface area (Å²) >= 11 is 3.80. The fourth-order valence-corrected chi connectivity index (χ4v) is 9.29. The minimum absolute atomic E-state index is 0.896. The Morgan fingerprint density at radius 2 is 1.09 bits per heavy atom. The molecule has 7 aromatic carbocycles. The Morgan fingerprint density at radius 1 is 0.409 bits per heavy atom. The number of rotatable bonds is 3. The predicted octanol–water partition coefficient (Wildman–Crippen LogP) is 12.9. The van der Waals surface area contributed by atoms with Crippen LogP contribution in [0.2, 0.25) is 0 Å². The summed E-state index contributed by atoms with van der Waals surface area (Å²) in [6, 6.07) is 50.4. The molecule has 3 aromatic heterocycles. The SMILES string of the molecule is c1ccc(N(c2ccc3c(c2)oc2ccccc23)c2ccc3c(c2)sc2ccc4c5cc6ccccc6cc5sc4c23)cc1. The number of para-hydroxylation sites is 2. The number of thiophene rings is 2. The zero-order chi connectivity index (χ0) is 28.8. The quantitative estimate of drug-likeness (QED) is 0.201. The van der Waals surface area contributed by atoms with Crippen LogP contribution in [0, 0.1) is 0 Å². The maximum atomic E-state index is 6.29. The average molecular weight is 598 g/mol. The van der Waals surface area contributed by atoms with Crippen molar-refractivity contribution in [2.75, 3.05) is 4.90 Å². The number of nitrogens with zero attached hydrogens (tertiary/aromatic N) is 1. The molecule has 0 spiro atoms. The van der Waals surface area contributed by atoms with Crippen LogP contribution >= 0.6 is 22.7 Å².